The van der Waals surface area contributed by atoms with E-state index in [4.69, 9.17) is 9.57 Å². The van der Waals surface area contributed by atoms with Crippen molar-refractivity contribution in [2.75, 3.05) is 13.2 Å². The highest BCUT2D eigenvalue weighted by Gasteiger charge is 2.43. The van der Waals surface area contributed by atoms with E-state index in [1.807, 2.05) is 18.2 Å². The number of carbonyl (C=O) groups excluding carboxylic acids is 1. The molecule has 4 heteroatoms. The standard InChI is InChI=1S/C20H29NO3/c1-14(22)15-7-8-18-17(11-15)16(12-23-18)13-24-21-19(2,3)9-6-10-20(21,4)5/h7-8,11,16H,6,9-10,12-13H2,1-5H3. The Morgan fingerprint density at radius 3 is 2.54 bits per heavy atom. The third-order valence-electron chi connectivity index (χ3n) is 5.38. The fourth-order valence-electron chi connectivity index (χ4n) is 4.13. The number of hydrogen-bond acceptors (Lipinski definition) is 4. The number of carbonyl (C=O) groups is 1. The van der Waals surface area contributed by atoms with Gasteiger partial charge in [-0.3, -0.25) is 9.63 Å². The van der Waals surface area contributed by atoms with E-state index in [1.165, 1.54) is 6.42 Å². The maximum atomic E-state index is 11.6. The van der Waals surface area contributed by atoms with Gasteiger partial charge in [0.15, 0.2) is 5.78 Å². The summed E-state index contributed by atoms with van der Waals surface area (Å²) in [4.78, 5) is 18.0. The van der Waals surface area contributed by atoms with Crippen molar-refractivity contribution in [2.45, 2.75) is 70.9 Å². The summed E-state index contributed by atoms with van der Waals surface area (Å²) in [7, 11) is 0. The zero-order valence-corrected chi connectivity index (χ0v) is 15.5. The van der Waals surface area contributed by atoms with Crippen molar-refractivity contribution in [3.63, 3.8) is 0 Å². The van der Waals surface area contributed by atoms with Crippen LogP contribution in [0.2, 0.25) is 0 Å². The van der Waals surface area contributed by atoms with Crippen molar-refractivity contribution in [1.29, 1.82) is 0 Å². The Morgan fingerprint density at radius 1 is 1.25 bits per heavy atom. The number of rotatable bonds is 4. The van der Waals surface area contributed by atoms with Gasteiger partial charge in [-0.2, -0.15) is 5.06 Å². The Morgan fingerprint density at radius 2 is 1.92 bits per heavy atom. The predicted molar refractivity (Wildman–Crippen MR) is 94.5 cm³/mol. The van der Waals surface area contributed by atoms with Crippen molar-refractivity contribution in [3.05, 3.63) is 29.3 Å². The Balaban J connectivity index is 1.75. The number of nitrogens with zero attached hydrogens (tertiary/aromatic N) is 1. The lowest BCUT2D eigenvalue weighted by molar-refractivity contribution is -0.283. The number of ether oxygens (including phenoxy) is 1. The maximum absolute atomic E-state index is 11.6. The Hall–Kier alpha value is -1.39. The van der Waals surface area contributed by atoms with Crippen LogP contribution in [-0.2, 0) is 4.84 Å². The zero-order chi connectivity index (χ0) is 17.5. The second kappa shape index (κ2) is 6.16. The molecule has 1 atom stereocenters. The smallest absolute Gasteiger partial charge is 0.159 e. The molecule has 1 aromatic rings. The van der Waals surface area contributed by atoms with Gasteiger partial charge in [-0.15, -0.1) is 0 Å². The number of hydrogen-bond donors (Lipinski definition) is 0. The molecular formula is C20H29NO3. The Bertz CT molecular complexity index is 620. The number of ketones is 1. The molecule has 0 amide bonds. The van der Waals surface area contributed by atoms with Crippen LogP contribution in [0.5, 0.6) is 5.75 Å². The summed E-state index contributed by atoms with van der Waals surface area (Å²) in [6, 6.07) is 5.70. The summed E-state index contributed by atoms with van der Waals surface area (Å²) in [6.45, 7) is 11.8. The quantitative estimate of drug-likeness (QED) is 0.769. The number of hydroxylamine groups is 2. The summed E-state index contributed by atoms with van der Waals surface area (Å²) in [5, 5.41) is 2.19. The minimum absolute atomic E-state index is 0.0330. The lowest BCUT2D eigenvalue weighted by Crippen LogP contribution is -2.58. The lowest BCUT2D eigenvalue weighted by Gasteiger charge is -2.51. The largest absolute Gasteiger partial charge is 0.493 e. The van der Waals surface area contributed by atoms with E-state index in [0.29, 0.717) is 13.2 Å². The fourth-order valence-corrected chi connectivity index (χ4v) is 4.13. The topological polar surface area (TPSA) is 38.8 Å². The normalized spacial score (nSPS) is 25.1. The summed E-state index contributed by atoms with van der Waals surface area (Å²) in [6.07, 6.45) is 3.52. The molecule has 2 heterocycles. The molecule has 0 N–H and O–H groups in total. The first-order valence-corrected chi connectivity index (χ1v) is 8.92. The van der Waals surface area contributed by atoms with Gasteiger partial charge in [-0.1, -0.05) is 0 Å². The van der Waals surface area contributed by atoms with E-state index in [9.17, 15) is 4.79 Å². The molecule has 24 heavy (non-hydrogen) atoms. The van der Waals surface area contributed by atoms with Crippen LogP contribution in [0, 0.1) is 0 Å². The summed E-state index contributed by atoms with van der Waals surface area (Å²) < 4.78 is 5.78. The molecule has 132 valence electrons. The van der Waals surface area contributed by atoms with Gasteiger partial charge in [0, 0.05) is 28.1 Å². The number of Topliss-reactive ketones (excluding diaryl/α,β-unsaturated/α-hetero) is 1. The molecule has 4 nitrogen and oxygen atoms in total. The average molecular weight is 331 g/mol. The van der Waals surface area contributed by atoms with Crippen molar-refractivity contribution in [2.24, 2.45) is 0 Å². The molecule has 0 spiro atoms. The molecule has 2 aliphatic heterocycles. The van der Waals surface area contributed by atoms with Crippen molar-refractivity contribution in [1.82, 2.24) is 5.06 Å². The molecule has 1 saturated heterocycles. The Kier molecular flexibility index (Phi) is 4.47. The van der Waals surface area contributed by atoms with Crippen LogP contribution in [0.3, 0.4) is 0 Å². The number of fused-ring (bicyclic) bond motifs is 1. The summed E-state index contributed by atoms with van der Waals surface area (Å²) in [5.41, 5.74) is 1.90. The first-order valence-electron chi connectivity index (χ1n) is 8.92. The van der Waals surface area contributed by atoms with Crippen molar-refractivity contribution in [3.8, 4) is 5.75 Å². The summed E-state index contributed by atoms with van der Waals surface area (Å²) >= 11 is 0. The maximum Gasteiger partial charge on any atom is 0.159 e. The molecule has 0 saturated carbocycles. The van der Waals surface area contributed by atoms with Crippen LogP contribution >= 0.6 is 0 Å². The predicted octanol–water partition coefficient (Wildman–Crippen LogP) is 4.34. The van der Waals surface area contributed by atoms with Gasteiger partial charge in [0.05, 0.1) is 13.2 Å². The molecule has 0 aliphatic carbocycles. The van der Waals surface area contributed by atoms with Crippen LogP contribution in [-0.4, -0.2) is 35.1 Å². The monoisotopic (exact) mass is 331 g/mol. The third-order valence-corrected chi connectivity index (χ3v) is 5.38. The van der Waals surface area contributed by atoms with Gasteiger partial charge in [0.1, 0.15) is 5.75 Å². The van der Waals surface area contributed by atoms with Gasteiger partial charge in [0.2, 0.25) is 0 Å². The molecule has 0 bridgehead atoms. The van der Waals surface area contributed by atoms with Gasteiger partial charge < -0.3 is 4.74 Å². The van der Waals surface area contributed by atoms with Gasteiger partial charge in [-0.05, 0) is 72.1 Å². The number of benzene rings is 1. The van der Waals surface area contributed by atoms with E-state index in [2.05, 4.69) is 32.8 Å². The zero-order valence-electron chi connectivity index (χ0n) is 15.5. The lowest BCUT2D eigenvalue weighted by atomic mass is 9.82. The second-order valence-electron chi connectivity index (χ2n) is 8.39. The molecule has 1 fully saturated rings. The van der Waals surface area contributed by atoms with E-state index >= 15 is 0 Å². The van der Waals surface area contributed by atoms with Crippen molar-refractivity contribution < 1.29 is 14.4 Å². The molecule has 2 aliphatic rings. The highest BCUT2D eigenvalue weighted by atomic mass is 16.7. The van der Waals surface area contributed by atoms with E-state index in [0.717, 1.165) is 29.7 Å². The highest BCUT2D eigenvalue weighted by molar-refractivity contribution is 5.94. The SMILES string of the molecule is CC(=O)c1ccc2c(c1)C(CON1C(C)(C)CCCC1(C)C)CO2. The summed E-state index contributed by atoms with van der Waals surface area (Å²) in [5.74, 6) is 1.14. The fraction of sp³-hybridized carbons (Fsp3) is 0.650. The highest BCUT2D eigenvalue weighted by Crippen LogP contribution is 2.40. The average Bonchev–Trinajstić information content (AvgIpc) is 2.88. The van der Waals surface area contributed by atoms with Gasteiger partial charge >= 0.3 is 0 Å². The second-order valence-corrected chi connectivity index (χ2v) is 8.39. The van der Waals surface area contributed by atoms with Crippen LogP contribution in [0.15, 0.2) is 18.2 Å². The minimum atomic E-state index is 0.0330. The molecular weight excluding hydrogens is 302 g/mol. The van der Waals surface area contributed by atoms with Crippen LogP contribution in [0.4, 0.5) is 0 Å². The van der Waals surface area contributed by atoms with Crippen LogP contribution in [0.1, 0.15) is 75.7 Å². The van der Waals surface area contributed by atoms with E-state index in [1.54, 1.807) is 6.92 Å². The molecule has 1 aromatic carbocycles. The Labute approximate surface area is 145 Å². The van der Waals surface area contributed by atoms with E-state index < -0.39 is 0 Å². The van der Waals surface area contributed by atoms with Crippen LogP contribution in [0.25, 0.3) is 0 Å². The van der Waals surface area contributed by atoms with Gasteiger partial charge in [-0.25, -0.2) is 0 Å². The molecule has 1 unspecified atom stereocenters. The first-order chi connectivity index (χ1) is 11.2. The molecule has 3 rings (SSSR count). The molecule has 0 radical (unpaired) electrons. The van der Waals surface area contributed by atoms with Crippen LogP contribution < -0.4 is 4.74 Å². The first kappa shape index (κ1) is 17.4. The van der Waals surface area contributed by atoms with E-state index in [-0.39, 0.29) is 22.8 Å². The van der Waals surface area contributed by atoms with Crippen molar-refractivity contribution >= 4 is 5.78 Å². The minimum Gasteiger partial charge on any atom is -0.493 e. The number of piperidine rings is 1. The molecule has 0 aromatic heterocycles. The van der Waals surface area contributed by atoms with Gasteiger partial charge in [0.25, 0.3) is 0 Å². The third kappa shape index (κ3) is 3.22.